The minimum Gasteiger partial charge on any atom is -0.482 e. The first-order chi connectivity index (χ1) is 13.8. The molecule has 1 fully saturated rings. The van der Waals surface area contributed by atoms with Crippen LogP contribution in [0.25, 0.3) is 0 Å². The lowest BCUT2D eigenvalue weighted by molar-refractivity contribution is -0.147. The molecule has 1 aromatic carbocycles. The van der Waals surface area contributed by atoms with Crippen molar-refractivity contribution in [1.29, 1.82) is 0 Å². The number of imide groups is 1. The number of para-hydroxylation sites is 1. The van der Waals surface area contributed by atoms with Gasteiger partial charge < -0.3 is 24.1 Å². The van der Waals surface area contributed by atoms with Gasteiger partial charge in [-0.15, -0.1) is 0 Å². The second-order valence-electron chi connectivity index (χ2n) is 9.41. The Morgan fingerprint density at radius 1 is 1.03 bits per heavy atom. The van der Waals surface area contributed by atoms with Crippen molar-refractivity contribution in [3.63, 3.8) is 0 Å². The Bertz CT molecular complexity index is 731. The molecule has 1 saturated carbocycles. The fourth-order valence-corrected chi connectivity index (χ4v) is 2.70. The summed E-state index contributed by atoms with van der Waals surface area (Å²) in [5.41, 5.74) is -1.82. The molecule has 8 nitrogen and oxygen atoms in total. The number of rotatable bonds is 6. The largest absolute Gasteiger partial charge is 0.482 e. The predicted octanol–water partition coefficient (Wildman–Crippen LogP) is 4.24. The van der Waals surface area contributed by atoms with Gasteiger partial charge in [-0.05, 0) is 60.5 Å². The van der Waals surface area contributed by atoms with Crippen LogP contribution in [0.15, 0.2) is 24.3 Å². The van der Waals surface area contributed by atoms with Crippen molar-refractivity contribution >= 4 is 12.2 Å². The highest BCUT2D eigenvalue weighted by Crippen LogP contribution is 2.44. The number of hydrogen-bond donors (Lipinski definition) is 1. The summed E-state index contributed by atoms with van der Waals surface area (Å²) in [5.74, 6) is 0.447. The molecule has 2 amide bonds. The van der Waals surface area contributed by atoms with E-state index in [1.165, 1.54) is 7.11 Å². The van der Waals surface area contributed by atoms with Crippen LogP contribution < -0.4 is 4.74 Å². The molecule has 0 spiro atoms. The number of nitrogens with zero attached hydrogens (tertiary/aromatic N) is 1. The van der Waals surface area contributed by atoms with Crippen molar-refractivity contribution in [2.45, 2.75) is 84.0 Å². The monoisotopic (exact) mass is 423 g/mol. The topological polar surface area (TPSA) is 94.5 Å². The van der Waals surface area contributed by atoms with Crippen LogP contribution in [0.5, 0.6) is 5.75 Å². The standard InChI is InChI=1S/C22H33NO7/c1-20(2,3)29-18(25)23(19(26)30-21(4,5)6)14-15-10-8-9-11-16(15)28-22(12-13-22)17(24)27-7/h8-11,17,24H,12-14H2,1-7H3. The molecule has 1 aromatic rings. The highest BCUT2D eigenvalue weighted by Gasteiger charge is 2.53. The van der Waals surface area contributed by atoms with Crippen LogP contribution in [0.4, 0.5) is 9.59 Å². The van der Waals surface area contributed by atoms with E-state index in [1.54, 1.807) is 65.8 Å². The third-order valence-electron chi connectivity index (χ3n) is 4.26. The van der Waals surface area contributed by atoms with Crippen LogP contribution in [0.2, 0.25) is 0 Å². The van der Waals surface area contributed by atoms with Gasteiger partial charge in [0, 0.05) is 12.7 Å². The predicted molar refractivity (Wildman–Crippen MR) is 110 cm³/mol. The van der Waals surface area contributed by atoms with Crippen LogP contribution in [0, 0.1) is 0 Å². The van der Waals surface area contributed by atoms with Gasteiger partial charge in [0.1, 0.15) is 17.0 Å². The summed E-state index contributed by atoms with van der Waals surface area (Å²) in [4.78, 5) is 26.4. The smallest absolute Gasteiger partial charge is 0.420 e. The number of aliphatic hydroxyl groups excluding tert-OH is 1. The van der Waals surface area contributed by atoms with Crippen molar-refractivity contribution in [3.05, 3.63) is 29.8 Å². The summed E-state index contributed by atoms with van der Waals surface area (Å²) >= 11 is 0. The van der Waals surface area contributed by atoms with E-state index >= 15 is 0 Å². The number of methoxy groups -OCH3 is 1. The van der Waals surface area contributed by atoms with Crippen LogP contribution >= 0.6 is 0 Å². The molecule has 0 radical (unpaired) electrons. The summed E-state index contributed by atoms with van der Waals surface area (Å²) in [6.45, 7) is 10.2. The maximum absolute atomic E-state index is 12.8. The van der Waals surface area contributed by atoms with E-state index in [-0.39, 0.29) is 6.54 Å². The highest BCUT2D eigenvalue weighted by molar-refractivity contribution is 5.88. The normalized spacial score (nSPS) is 16.4. The molecule has 2 rings (SSSR count). The SMILES string of the molecule is COC(O)C1(Oc2ccccc2CN(C(=O)OC(C)(C)C)C(=O)OC(C)(C)C)CC1. The lowest BCUT2D eigenvalue weighted by Gasteiger charge is -2.29. The third-order valence-corrected chi connectivity index (χ3v) is 4.26. The second-order valence-corrected chi connectivity index (χ2v) is 9.41. The summed E-state index contributed by atoms with van der Waals surface area (Å²) in [5, 5.41) is 10.1. The van der Waals surface area contributed by atoms with Gasteiger partial charge in [0.2, 0.25) is 0 Å². The molecule has 0 bridgehead atoms. The number of aliphatic hydroxyl groups is 1. The molecule has 1 aliphatic rings. The van der Waals surface area contributed by atoms with Gasteiger partial charge in [0.05, 0.1) is 6.54 Å². The van der Waals surface area contributed by atoms with E-state index in [4.69, 9.17) is 18.9 Å². The first-order valence-corrected chi connectivity index (χ1v) is 9.98. The van der Waals surface area contributed by atoms with Gasteiger partial charge in [-0.1, -0.05) is 18.2 Å². The summed E-state index contributed by atoms with van der Waals surface area (Å²) in [6, 6.07) is 7.02. The second kappa shape index (κ2) is 8.81. The molecule has 0 heterocycles. The zero-order valence-corrected chi connectivity index (χ0v) is 18.9. The van der Waals surface area contributed by atoms with Crippen molar-refractivity contribution in [2.24, 2.45) is 0 Å². The Morgan fingerprint density at radius 3 is 1.97 bits per heavy atom. The van der Waals surface area contributed by atoms with Crippen LogP contribution in [0.3, 0.4) is 0 Å². The number of ether oxygens (including phenoxy) is 4. The molecule has 30 heavy (non-hydrogen) atoms. The zero-order chi connectivity index (χ0) is 22.7. The van der Waals surface area contributed by atoms with Crippen molar-refractivity contribution in [2.75, 3.05) is 7.11 Å². The molecule has 0 aliphatic heterocycles. The van der Waals surface area contributed by atoms with Gasteiger partial charge in [0.25, 0.3) is 0 Å². The van der Waals surface area contributed by atoms with E-state index in [1.807, 2.05) is 0 Å². The maximum Gasteiger partial charge on any atom is 0.420 e. The molecular formula is C22H33NO7. The molecule has 1 aliphatic carbocycles. The third kappa shape index (κ3) is 6.60. The molecular weight excluding hydrogens is 390 g/mol. The van der Waals surface area contributed by atoms with Crippen molar-refractivity contribution < 1.29 is 33.6 Å². The highest BCUT2D eigenvalue weighted by atomic mass is 16.6. The summed E-state index contributed by atoms with van der Waals surface area (Å²) in [7, 11) is 1.41. The fraction of sp³-hybridized carbons (Fsp3) is 0.636. The number of amides is 2. The molecule has 8 heteroatoms. The molecule has 1 unspecified atom stereocenters. The number of carbonyl (C=O) groups is 2. The average molecular weight is 424 g/mol. The Kier molecular flexibility index (Phi) is 7.04. The van der Waals surface area contributed by atoms with Crippen LogP contribution in [-0.2, 0) is 20.8 Å². The first kappa shape index (κ1) is 24.0. The van der Waals surface area contributed by atoms with E-state index in [0.29, 0.717) is 24.2 Å². The minimum atomic E-state index is -1.07. The van der Waals surface area contributed by atoms with E-state index < -0.39 is 35.3 Å². The van der Waals surface area contributed by atoms with E-state index in [9.17, 15) is 14.7 Å². The number of carbonyl (C=O) groups excluding carboxylic acids is 2. The van der Waals surface area contributed by atoms with Crippen molar-refractivity contribution in [3.8, 4) is 5.75 Å². The number of benzene rings is 1. The summed E-state index contributed by atoms with van der Waals surface area (Å²) < 4.78 is 21.9. The molecule has 1 atom stereocenters. The Labute approximate surface area is 178 Å². The van der Waals surface area contributed by atoms with E-state index in [0.717, 1.165) is 4.90 Å². The molecule has 0 aromatic heterocycles. The zero-order valence-electron chi connectivity index (χ0n) is 18.9. The van der Waals surface area contributed by atoms with Gasteiger partial charge in [0.15, 0.2) is 11.9 Å². The average Bonchev–Trinajstić information content (AvgIpc) is 3.37. The van der Waals surface area contributed by atoms with Gasteiger partial charge in [-0.25, -0.2) is 14.5 Å². The van der Waals surface area contributed by atoms with Gasteiger partial charge in [-0.3, -0.25) is 0 Å². The fourth-order valence-electron chi connectivity index (χ4n) is 2.70. The summed E-state index contributed by atoms with van der Waals surface area (Å²) in [6.07, 6.45) is -1.43. The van der Waals surface area contributed by atoms with Gasteiger partial charge in [-0.2, -0.15) is 0 Å². The van der Waals surface area contributed by atoms with Crippen LogP contribution in [0.1, 0.15) is 59.9 Å². The molecule has 168 valence electrons. The minimum absolute atomic E-state index is 0.112. The molecule has 1 N–H and O–H groups in total. The Morgan fingerprint density at radius 2 is 1.53 bits per heavy atom. The lowest BCUT2D eigenvalue weighted by Crippen LogP contribution is -2.43. The first-order valence-electron chi connectivity index (χ1n) is 9.98. The number of hydrogen-bond acceptors (Lipinski definition) is 7. The van der Waals surface area contributed by atoms with Crippen LogP contribution in [-0.4, -0.2) is 52.4 Å². The lowest BCUT2D eigenvalue weighted by atomic mass is 10.1. The maximum atomic E-state index is 12.8. The Balaban J connectivity index is 2.29. The molecule has 0 saturated heterocycles. The Hall–Kier alpha value is -2.32. The van der Waals surface area contributed by atoms with E-state index in [2.05, 4.69) is 0 Å². The van der Waals surface area contributed by atoms with Gasteiger partial charge >= 0.3 is 12.2 Å². The quantitative estimate of drug-likeness (QED) is 0.684. The van der Waals surface area contributed by atoms with Crippen molar-refractivity contribution in [1.82, 2.24) is 4.90 Å².